The Hall–Kier alpha value is -3.64. The van der Waals surface area contributed by atoms with Gasteiger partial charge in [-0.25, -0.2) is 0 Å². The molecule has 1 amide bonds. The number of carbonyl (C=O) groups is 1. The summed E-state index contributed by atoms with van der Waals surface area (Å²) < 4.78 is 0. The van der Waals surface area contributed by atoms with E-state index in [-0.39, 0.29) is 11.9 Å². The lowest BCUT2D eigenvalue weighted by Gasteiger charge is -2.46. The Balaban J connectivity index is 2.21. The molecule has 26 heavy (non-hydrogen) atoms. The number of nitriles is 2. The monoisotopic (exact) mass is 343 g/mol. The van der Waals surface area contributed by atoms with E-state index in [0.29, 0.717) is 16.7 Å². The molecule has 0 bridgehead atoms. The third kappa shape index (κ3) is 2.68. The zero-order valence-corrected chi connectivity index (χ0v) is 14.4. The van der Waals surface area contributed by atoms with Crippen LogP contribution in [0.25, 0.3) is 0 Å². The van der Waals surface area contributed by atoms with Crippen LogP contribution in [-0.2, 0) is 10.3 Å². The van der Waals surface area contributed by atoms with Crippen LogP contribution in [0.3, 0.4) is 0 Å². The molecule has 2 aromatic rings. The lowest BCUT2D eigenvalue weighted by molar-refractivity contribution is -0.131. The van der Waals surface area contributed by atoms with E-state index in [2.05, 4.69) is 17.5 Å². The molecule has 2 N–H and O–H groups in total. The van der Waals surface area contributed by atoms with Crippen molar-refractivity contribution in [2.45, 2.75) is 18.4 Å². The van der Waals surface area contributed by atoms with Crippen molar-refractivity contribution in [2.75, 3.05) is 7.05 Å². The van der Waals surface area contributed by atoms with Crippen molar-refractivity contribution in [1.29, 1.82) is 15.9 Å². The van der Waals surface area contributed by atoms with Crippen molar-refractivity contribution in [1.82, 2.24) is 10.2 Å². The SMILES string of the molecule is CN1C(=N)N[C@](C)(c2cccc(C#N)c2)[C@H](c2cccc(C#N)c2)C1=O. The van der Waals surface area contributed by atoms with Gasteiger partial charge in [0.15, 0.2) is 5.96 Å². The van der Waals surface area contributed by atoms with Gasteiger partial charge in [-0.05, 0) is 42.3 Å². The number of nitrogens with zero attached hydrogens (tertiary/aromatic N) is 3. The summed E-state index contributed by atoms with van der Waals surface area (Å²) in [6.45, 7) is 1.84. The number of benzene rings is 2. The molecule has 0 aliphatic carbocycles. The summed E-state index contributed by atoms with van der Waals surface area (Å²) in [5, 5.41) is 29.7. The molecule has 1 saturated heterocycles. The molecule has 1 heterocycles. The molecule has 0 saturated carbocycles. The normalized spacial score (nSPS) is 22.3. The summed E-state index contributed by atoms with van der Waals surface area (Å²) in [5.41, 5.74) is 1.43. The van der Waals surface area contributed by atoms with Gasteiger partial charge in [-0.15, -0.1) is 0 Å². The van der Waals surface area contributed by atoms with E-state index < -0.39 is 11.5 Å². The van der Waals surface area contributed by atoms with Crippen LogP contribution in [0, 0.1) is 28.1 Å². The predicted octanol–water partition coefficient (Wildman–Crippen LogP) is 2.43. The quantitative estimate of drug-likeness (QED) is 0.874. The molecule has 0 aromatic heterocycles. The maximum atomic E-state index is 13.1. The molecule has 2 atom stereocenters. The van der Waals surface area contributed by atoms with E-state index in [0.717, 1.165) is 5.56 Å². The Kier molecular flexibility index (Phi) is 4.19. The smallest absolute Gasteiger partial charge is 0.239 e. The molecule has 3 rings (SSSR count). The maximum absolute atomic E-state index is 13.1. The molecule has 6 nitrogen and oxygen atoms in total. The first kappa shape index (κ1) is 17.2. The first-order chi connectivity index (χ1) is 12.4. The third-order valence-electron chi connectivity index (χ3n) is 4.81. The van der Waals surface area contributed by atoms with E-state index in [1.54, 1.807) is 49.5 Å². The van der Waals surface area contributed by atoms with Gasteiger partial charge in [-0.2, -0.15) is 10.5 Å². The minimum absolute atomic E-state index is 0.00690. The van der Waals surface area contributed by atoms with E-state index in [4.69, 9.17) is 5.41 Å². The van der Waals surface area contributed by atoms with Crippen molar-refractivity contribution in [3.8, 4) is 12.1 Å². The highest BCUT2D eigenvalue weighted by atomic mass is 16.2. The van der Waals surface area contributed by atoms with Gasteiger partial charge in [0.1, 0.15) is 0 Å². The average molecular weight is 343 g/mol. The summed E-state index contributed by atoms with van der Waals surface area (Å²) in [6, 6.07) is 18.1. The highest BCUT2D eigenvalue weighted by Crippen LogP contribution is 2.41. The largest absolute Gasteiger partial charge is 0.346 e. The van der Waals surface area contributed by atoms with Crippen molar-refractivity contribution in [3.63, 3.8) is 0 Å². The zero-order chi connectivity index (χ0) is 18.9. The number of amides is 1. The Morgan fingerprint density at radius 2 is 1.73 bits per heavy atom. The fraction of sp³-hybridized carbons (Fsp3) is 0.200. The summed E-state index contributed by atoms with van der Waals surface area (Å²) in [4.78, 5) is 14.3. The molecule has 6 heteroatoms. The highest BCUT2D eigenvalue weighted by molar-refractivity contribution is 6.02. The molecule has 128 valence electrons. The van der Waals surface area contributed by atoms with Gasteiger partial charge >= 0.3 is 0 Å². The van der Waals surface area contributed by atoms with Crippen LogP contribution >= 0.6 is 0 Å². The van der Waals surface area contributed by atoms with Crippen LogP contribution in [0.15, 0.2) is 48.5 Å². The van der Waals surface area contributed by atoms with Crippen LogP contribution in [-0.4, -0.2) is 23.8 Å². The number of hydrogen-bond acceptors (Lipinski definition) is 4. The summed E-state index contributed by atoms with van der Waals surface area (Å²) in [7, 11) is 1.55. The molecule has 0 spiro atoms. The van der Waals surface area contributed by atoms with Gasteiger partial charge in [0.25, 0.3) is 0 Å². The number of hydrogen-bond donors (Lipinski definition) is 2. The standard InChI is InChI=1S/C20H17N5O/c1-20(16-8-4-6-14(10-16)12-22)17(18(26)25(2)19(23)24-20)15-7-3-5-13(9-15)11-21/h3-10,17H,1-2H3,(H2,23,24)/t17-,20-/m1/s1. The second kappa shape index (κ2) is 6.34. The fourth-order valence-corrected chi connectivity index (χ4v) is 3.37. The molecule has 1 aliphatic heterocycles. The van der Waals surface area contributed by atoms with Crippen molar-refractivity contribution in [2.24, 2.45) is 0 Å². The molecule has 1 aliphatic rings. The van der Waals surface area contributed by atoms with Gasteiger partial charge in [0, 0.05) is 7.05 Å². The molecular formula is C20H17N5O. The number of likely N-dealkylation sites (N-methyl/N-ethyl adjacent to an activating group) is 1. The Labute approximate surface area is 151 Å². The lowest BCUT2D eigenvalue weighted by Crippen LogP contribution is -2.62. The first-order valence-corrected chi connectivity index (χ1v) is 8.05. The molecule has 2 aromatic carbocycles. The third-order valence-corrected chi connectivity index (χ3v) is 4.81. The summed E-state index contributed by atoms with van der Waals surface area (Å²) in [5.74, 6) is -0.898. The van der Waals surface area contributed by atoms with Crippen LogP contribution in [0.1, 0.15) is 35.1 Å². The number of nitrogens with one attached hydrogen (secondary N) is 2. The van der Waals surface area contributed by atoms with Crippen LogP contribution in [0.4, 0.5) is 0 Å². The first-order valence-electron chi connectivity index (χ1n) is 8.05. The predicted molar refractivity (Wildman–Crippen MR) is 96.0 cm³/mol. The Bertz CT molecular complexity index is 984. The zero-order valence-electron chi connectivity index (χ0n) is 14.4. The van der Waals surface area contributed by atoms with Crippen LogP contribution in [0.5, 0.6) is 0 Å². The topological polar surface area (TPSA) is 104 Å². The number of carbonyl (C=O) groups excluding carboxylic acids is 1. The average Bonchev–Trinajstić information content (AvgIpc) is 2.66. The summed E-state index contributed by atoms with van der Waals surface area (Å²) >= 11 is 0. The molecule has 0 radical (unpaired) electrons. The van der Waals surface area contributed by atoms with E-state index >= 15 is 0 Å². The van der Waals surface area contributed by atoms with Crippen molar-refractivity contribution < 1.29 is 4.79 Å². The van der Waals surface area contributed by atoms with Crippen molar-refractivity contribution in [3.05, 3.63) is 70.8 Å². The summed E-state index contributed by atoms with van der Waals surface area (Å²) in [6.07, 6.45) is 0. The van der Waals surface area contributed by atoms with Gasteiger partial charge < -0.3 is 5.32 Å². The van der Waals surface area contributed by atoms with Crippen molar-refractivity contribution >= 4 is 11.9 Å². The van der Waals surface area contributed by atoms with Gasteiger partial charge in [-0.1, -0.05) is 24.3 Å². The minimum atomic E-state index is -0.929. The van der Waals surface area contributed by atoms with E-state index in [1.807, 2.05) is 13.0 Å². The molecule has 0 unspecified atom stereocenters. The Morgan fingerprint density at radius 3 is 2.38 bits per heavy atom. The minimum Gasteiger partial charge on any atom is -0.346 e. The number of rotatable bonds is 2. The fourth-order valence-electron chi connectivity index (χ4n) is 3.37. The maximum Gasteiger partial charge on any atom is 0.239 e. The van der Waals surface area contributed by atoms with Gasteiger partial charge in [-0.3, -0.25) is 15.1 Å². The second-order valence-corrected chi connectivity index (χ2v) is 6.44. The number of guanidine groups is 1. The molecular weight excluding hydrogens is 326 g/mol. The van der Waals surface area contributed by atoms with Crippen LogP contribution in [0.2, 0.25) is 0 Å². The van der Waals surface area contributed by atoms with Gasteiger partial charge in [0.05, 0.1) is 34.7 Å². The lowest BCUT2D eigenvalue weighted by atomic mass is 9.73. The highest BCUT2D eigenvalue weighted by Gasteiger charge is 2.48. The molecule has 1 fully saturated rings. The van der Waals surface area contributed by atoms with E-state index in [1.165, 1.54) is 4.90 Å². The van der Waals surface area contributed by atoms with E-state index in [9.17, 15) is 15.3 Å². The van der Waals surface area contributed by atoms with Crippen LogP contribution < -0.4 is 5.32 Å². The Morgan fingerprint density at radius 1 is 1.12 bits per heavy atom. The second-order valence-electron chi connectivity index (χ2n) is 6.44. The van der Waals surface area contributed by atoms with Gasteiger partial charge in [0.2, 0.25) is 5.91 Å².